The highest BCUT2D eigenvalue weighted by Gasteiger charge is 2.80. The molecule has 9 heteroatoms. The Morgan fingerprint density at radius 2 is 1.65 bits per heavy atom. The van der Waals surface area contributed by atoms with E-state index < -0.39 is 62.4 Å². The van der Waals surface area contributed by atoms with Crippen molar-refractivity contribution in [3.63, 3.8) is 0 Å². The molecule has 4 rings (SSSR count). The minimum Gasteiger partial charge on any atom is -0.469 e. The Bertz CT molecular complexity index is 999. The van der Waals surface area contributed by atoms with Crippen molar-refractivity contribution in [2.75, 3.05) is 14.2 Å². The third-order valence-electron chi connectivity index (χ3n) is 9.96. The van der Waals surface area contributed by atoms with Crippen LogP contribution in [0.2, 0.25) is 39.3 Å². The summed E-state index contributed by atoms with van der Waals surface area (Å²) in [7, 11) is -1.24. The molecule has 0 aromatic heterocycles. The molecule has 4 saturated carbocycles. The van der Waals surface area contributed by atoms with Crippen LogP contribution < -0.4 is 0 Å². The van der Waals surface area contributed by atoms with Crippen LogP contribution in [0.15, 0.2) is 12.2 Å². The first kappa shape index (κ1) is 28.7. The summed E-state index contributed by atoms with van der Waals surface area (Å²) in [6.45, 7) is 19.2. The molecule has 8 atom stereocenters. The number of hydrogen-bond acceptors (Lipinski definition) is 7. The summed E-state index contributed by atoms with van der Waals surface area (Å²) in [5.74, 6) is -2.10. The number of fused-ring (bicyclic) bond motifs is 3. The molecule has 0 aliphatic heterocycles. The van der Waals surface area contributed by atoms with Crippen molar-refractivity contribution in [2.24, 2.45) is 34.0 Å². The Balaban J connectivity index is 1.95. The fourth-order valence-corrected chi connectivity index (χ4v) is 11.9. The molecule has 4 aliphatic carbocycles. The van der Waals surface area contributed by atoms with Gasteiger partial charge in [0.2, 0.25) is 0 Å². The van der Waals surface area contributed by atoms with Gasteiger partial charge in [-0.15, -0.1) is 0 Å². The zero-order valence-electron chi connectivity index (χ0n) is 24.2. The van der Waals surface area contributed by atoms with Crippen molar-refractivity contribution in [2.45, 2.75) is 96.4 Å². The zero-order chi connectivity index (χ0) is 27.8. The van der Waals surface area contributed by atoms with Gasteiger partial charge in [0.25, 0.3) is 0 Å². The van der Waals surface area contributed by atoms with E-state index in [1.54, 1.807) is 0 Å². The van der Waals surface area contributed by atoms with Gasteiger partial charge in [0.1, 0.15) is 6.29 Å². The van der Waals surface area contributed by atoms with Crippen LogP contribution in [-0.4, -0.2) is 60.8 Å². The minimum absolute atomic E-state index is 0.0685. The van der Waals surface area contributed by atoms with E-state index >= 15 is 0 Å². The number of hydrogen-bond donors (Lipinski definition) is 0. The van der Waals surface area contributed by atoms with Crippen LogP contribution in [0.1, 0.15) is 45.4 Å². The lowest BCUT2D eigenvalue weighted by molar-refractivity contribution is -0.184. The van der Waals surface area contributed by atoms with Crippen molar-refractivity contribution in [1.82, 2.24) is 0 Å². The molecule has 4 aliphatic rings. The van der Waals surface area contributed by atoms with Gasteiger partial charge in [0, 0.05) is 11.3 Å². The number of methoxy groups -OCH3 is 2. The van der Waals surface area contributed by atoms with Crippen LogP contribution in [0.3, 0.4) is 0 Å². The standard InChI is InChI=1S/C28H46O7Si2/c1-18-15-27-16-28(18,35-37(8,9)10)14-11-19(27)26(17-29)13-12-20(34-36(5,6)7)25(2,24(31)33-4)22(26)21(27)23(30)32-3/h17,19-22H,1,11-16H2,2-10H3/t19?,20-,21+,22?,25?,26+,27-,28-/m0/s1. The molecule has 3 unspecified atom stereocenters. The Kier molecular flexibility index (Phi) is 6.87. The molecule has 4 fully saturated rings. The van der Waals surface area contributed by atoms with Gasteiger partial charge >= 0.3 is 11.9 Å². The summed E-state index contributed by atoms with van der Waals surface area (Å²) >= 11 is 0. The van der Waals surface area contributed by atoms with Crippen LogP contribution in [-0.2, 0) is 32.7 Å². The summed E-state index contributed by atoms with van der Waals surface area (Å²) in [5, 5.41) is 0. The Morgan fingerprint density at radius 3 is 2.16 bits per heavy atom. The number of ether oxygens (including phenoxy) is 2. The second-order valence-electron chi connectivity index (χ2n) is 14.2. The third-order valence-corrected chi connectivity index (χ3v) is 12.0. The molecule has 0 aromatic carbocycles. The average molecular weight is 551 g/mol. The summed E-state index contributed by atoms with van der Waals surface area (Å²) in [6.07, 6.45) is 4.56. The molecule has 208 valence electrons. The lowest BCUT2D eigenvalue weighted by atomic mass is 9.52. The van der Waals surface area contributed by atoms with Crippen LogP contribution in [0.4, 0.5) is 0 Å². The maximum Gasteiger partial charge on any atom is 0.314 e. The zero-order valence-corrected chi connectivity index (χ0v) is 26.2. The largest absolute Gasteiger partial charge is 0.469 e. The quantitative estimate of drug-likeness (QED) is 0.188. The Morgan fingerprint density at radius 1 is 1.00 bits per heavy atom. The summed E-state index contributed by atoms with van der Waals surface area (Å²) in [4.78, 5) is 41.0. The molecule has 2 bridgehead atoms. The molecule has 0 N–H and O–H groups in total. The van der Waals surface area contributed by atoms with Crippen LogP contribution in [0.5, 0.6) is 0 Å². The van der Waals surface area contributed by atoms with Gasteiger partial charge in [-0.1, -0.05) is 6.58 Å². The molecule has 1 spiro atoms. The molecule has 0 amide bonds. The number of aldehydes is 1. The fraction of sp³-hybridized carbons (Fsp3) is 0.821. The highest BCUT2D eigenvalue weighted by molar-refractivity contribution is 6.70. The highest BCUT2D eigenvalue weighted by atomic mass is 28.4. The van der Waals surface area contributed by atoms with Crippen LogP contribution >= 0.6 is 0 Å². The summed E-state index contributed by atoms with van der Waals surface area (Å²) in [6, 6.07) is 0. The first-order chi connectivity index (χ1) is 17.0. The average Bonchev–Trinajstić information content (AvgIpc) is 3.16. The van der Waals surface area contributed by atoms with Crippen molar-refractivity contribution in [1.29, 1.82) is 0 Å². The Hall–Kier alpha value is -1.30. The normalized spacial score (nSPS) is 43.1. The molecule has 0 saturated heterocycles. The van der Waals surface area contributed by atoms with E-state index in [0.29, 0.717) is 25.7 Å². The van der Waals surface area contributed by atoms with E-state index in [-0.39, 0.29) is 11.9 Å². The second-order valence-corrected chi connectivity index (χ2v) is 23.1. The molecular weight excluding hydrogens is 504 g/mol. The van der Waals surface area contributed by atoms with Crippen molar-refractivity contribution in [3.8, 4) is 0 Å². The molecule has 37 heavy (non-hydrogen) atoms. The van der Waals surface area contributed by atoms with Crippen LogP contribution in [0, 0.1) is 34.0 Å². The molecule has 0 heterocycles. The van der Waals surface area contributed by atoms with E-state index in [1.165, 1.54) is 14.2 Å². The molecule has 0 aromatic rings. The summed E-state index contributed by atoms with van der Waals surface area (Å²) < 4.78 is 24.4. The smallest absolute Gasteiger partial charge is 0.314 e. The lowest BCUT2D eigenvalue weighted by Crippen LogP contribution is -2.61. The topological polar surface area (TPSA) is 88.1 Å². The maximum absolute atomic E-state index is 13.9. The van der Waals surface area contributed by atoms with Crippen molar-refractivity contribution >= 4 is 34.9 Å². The monoisotopic (exact) mass is 550 g/mol. The highest BCUT2D eigenvalue weighted by Crippen LogP contribution is 2.78. The second kappa shape index (κ2) is 8.86. The first-order valence-electron chi connectivity index (χ1n) is 13.7. The predicted molar refractivity (Wildman–Crippen MR) is 146 cm³/mol. The molecule has 0 radical (unpaired) electrons. The van der Waals surface area contributed by atoms with Gasteiger partial charge in [-0.3, -0.25) is 9.59 Å². The molecule has 7 nitrogen and oxygen atoms in total. The lowest BCUT2D eigenvalue weighted by Gasteiger charge is -2.54. The van der Waals surface area contributed by atoms with Gasteiger partial charge < -0.3 is 23.1 Å². The minimum atomic E-state index is -2.08. The van der Waals surface area contributed by atoms with Gasteiger partial charge in [0.05, 0.1) is 37.3 Å². The number of rotatable bonds is 7. The Labute approximate surface area is 224 Å². The number of carbonyl (C=O) groups is 3. The summed E-state index contributed by atoms with van der Waals surface area (Å²) in [5.41, 5.74) is -2.07. The number of esters is 2. The predicted octanol–water partition coefficient (Wildman–Crippen LogP) is 5.12. The molecular formula is C28H46O7Si2. The van der Waals surface area contributed by atoms with E-state index in [1.807, 2.05) is 6.92 Å². The van der Waals surface area contributed by atoms with Gasteiger partial charge in [-0.25, -0.2) is 0 Å². The van der Waals surface area contributed by atoms with E-state index in [9.17, 15) is 14.4 Å². The fourth-order valence-electron chi connectivity index (χ4n) is 9.21. The first-order valence-corrected chi connectivity index (χ1v) is 20.5. The van der Waals surface area contributed by atoms with E-state index in [0.717, 1.165) is 24.7 Å². The third kappa shape index (κ3) is 4.05. The van der Waals surface area contributed by atoms with Gasteiger partial charge in [0.15, 0.2) is 16.6 Å². The van der Waals surface area contributed by atoms with E-state index in [2.05, 4.69) is 45.9 Å². The van der Waals surface area contributed by atoms with Crippen molar-refractivity contribution in [3.05, 3.63) is 12.2 Å². The number of carbonyl (C=O) groups excluding carboxylic acids is 3. The van der Waals surface area contributed by atoms with Crippen LogP contribution in [0.25, 0.3) is 0 Å². The van der Waals surface area contributed by atoms with Gasteiger partial charge in [-0.05, 0) is 102 Å². The maximum atomic E-state index is 13.9. The van der Waals surface area contributed by atoms with E-state index in [4.69, 9.17) is 18.3 Å². The van der Waals surface area contributed by atoms with Gasteiger partial charge in [-0.2, -0.15) is 0 Å². The SMILES string of the molecule is C=C1C[C@]23C[C@@]1(O[Si](C)(C)C)CCC2[C@]1(C=O)CC[C@H](O[Si](C)(C)C)C(C)(C(=O)OC)C1[C@@H]3C(=O)OC. The van der Waals surface area contributed by atoms with Crippen molar-refractivity contribution < 1.29 is 32.7 Å².